The zero-order valence-corrected chi connectivity index (χ0v) is 13.7. The molecule has 3 rings (SSSR count). The number of hydrogen-bond acceptors (Lipinski definition) is 6. The molecule has 7 heteroatoms. The third kappa shape index (κ3) is 3.05. The van der Waals surface area contributed by atoms with Crippen LogP contribution in [0.1, 0.15) is 5.56 Å². The van der Waals surface area contributed by atoms with Crippen LogP contribution in [0.4, 0.5) is 22.7 Å². The fraction of sp³-hybridized carbons (Fsp3) is 0.111. The first-order valence-corrected chi connectivity index (χ1v) is 7.52. The lowest BCUT2D eigenvalue weighted by atomic mass is 10.1. The van der Waals surface area contributed by atoms with Crippen molar-refractivity contribution in [3.63, 3.8) is 0 Å². The van der Waals surface area contributed by atoms with E-state index in [4.69, 9.17) is 0 Å². The van der Waals surface area contributed by atoms with Crippen LogP contribution < -0.4 is 10.2 Å². The van der Waals surface area contributed by atoms with Crippen LogP contribution >= 0.6 is 0 Å². The molecule has 0 saturated heterocycles. The molecule has 124 valence electrons. The van der Waals surface area contributed by atoms with Crippen LogP contribution in [-0.4, -0.2) is 24.0 Å². The van der Waals surface area contributed by atoms with Gasteiger partial charge in [0, 0.05) is 43.1 Å². The number of nitriles is 1. The first-order valence-electron chi connectivity index (χ1n) is 7.52. The summed E-state index contributed by atoms with van der Waals surface area (Å²) in [5.41, 5.74) is 2.81. The van der Waals surface area contributed by atoms with E-state index < -0.39 is 4.92 Å². The molecule has 2 aromatic carbocycles. The fourth-order valence-electron chi connectivity index (χ4n) is 2.56. The maximum atomic E-state index is 11.2. The molecule has 0 spiro atoms. The number of rotatable bonds is 4. The average Bonchev–Trinajstić information content (AvgIpc) is 2.61. The summed E-state index contributed by atoms with van der Waals surface area (Å²) < 4.78 is 0. The quantitative estimate of drug-likeness (QED) is 0.576. The molecule has 0 aliphatic rings. The van der Waals surface area contributed by atoms with Crippen LogP contribution in [0.5, 0.6) is 0 Å². The summed E-state index contributed by atoms with van der Waals surface area (Å²) in [6.45, 7) is 0. The molecular formula is C18H15N5O2. The Morgan fingerprint density at radius 1 is 1.20 bits per heavy atom. The Labute approximate surface area is 144 Å². The zero-order chi connectivity index (χ0) is 18.0. The molecule has 0 atom stereocenters. The second kappa shape index (κ2) is 6.45. The summed E-state index contributed by atoms with van der Waals surface area (Å²) in [7, 11) is 3.90. The highest BCUT2D eigenvalue weighted by atomic mass is 16.6. The van der Waals surface area contributed by atoms with Crippen LogP contribution in [-0.2, 0) is 0 Å². The number of nitro benzene ring substituents is 1. The molecule has 3 aromatic rings. The van der Waals surface area contributed by atoms with Crippen LogP contribution in [0.3, 0.4) is 0 Å². The molecule has 1 aromatic heterocycles. The number of para-hydroxylation sites is 1. The molecule has 0 amide bonds. The summed E-state index contributed by atoms with van der Waals surface area (Å²) in [5, 5.41) is 24.3. The van der Waals surface area contributed by atoms with Gasteiger partial charge < -0.3 is 10.2 Å². The molecule has 0 fully saturated rings. The third-order valence-electron chi connectivity index (χ3n) is 3.85. The maximum absolute atomic E-state index is 11.2. The largest absolute Gasteiger partial charge is 0.378 e. The highest BCUT2D eigenvalue weighted by molar-refractivity contribution is 5.99. The molecule has 1 N–H and O–H groups in total. The van der Waals surface area contributed by atoms with Crippen molar-refractivity contribution in [2.75, 3.05) is 24.3 Å². The summed E-state index contributed by atoms with van der Waals surface area (Å²) in [4.78, 5) is 16.8. The molecule has 7 nitrogen and oxygen atoms in total. The van der Waals surface area contributed by atoms with Crippen molar-refractivity contribution in [1.82, 2.24) is 4.98 Å². The van der Waals surface area contributed by atoms with Gasteiger partial charge in [0.25, 0.3) is 5.69 Å². The van der Waals surface area contributed by atoms with E-state index >= 15 is 0 Å². The van der Waals surface area contributed by atoms with E-state index in [1.165, 1.54) is 12.3 Å². The van der Waals surface area contributed by atoms with Crippen molar-refractivity contribution in [1.29, 1.82) is 5.26 Å². The number of fused-ring (bicyclic) bond motifs is 1. The van der Waals surface area contributed by atoms with Crippen LogP contribution in [0.25, 0.3) is 10.9 Å². The Morgan fingerprint density at radius 3 is 2.52 bits per heavy atom. The lowest BCUT2D eigenvalue weighted by Crippen LogP contribution is -2.08. The van der Waals surface area contributed by atoms with Crippen molar-refractivity contribution in [3.05, 3.63) is 64.3 Å². The van der Waals surface area contributed by atoms with Crippen molar-refractivity contribution in [2.24, 2.45) is 0 Å². The van der Waals surface area contributed by atoms with Gasteiger partial charge in [0.05, 0.1) is 16.2 Å². The molecule has 0 aliphatic heterocycles. The Hall–Kier alpha value is -3.66. The van der Waals surface area contributed by atoms with Gasteiger partial charge in [-0.2, -0.15) is 5.26 Å². The lowest BCUT2D eigenvalue weighted by Gasteiger charge is -2.15. The number of benzene rings is 2. The second-order valence-corrected chi connectivity index (χ2v) is 5.66. The first-order chi connectivity index (χ1) is 12.0. The van der Waals surface area contributed by atoms with E-state index in [0.29, 0.717) is 16.6 Å². The molecule has 0 bridgehead atoms. The van der Waals surface area contributed by atoms with Crippen LogP contribution in [0.2, 0.25) is 0 Å². The molecule has 1 heterocycles. The van der Waals surface area contributed by atoms with E-state index in [9.17, 15) is 15.4 Å². The van der Waals surface area contributed by atoms with Gasteiger partial charge >= 0.3 is 0 Å². The fourth-order valence-corrected chi connectivity index (χ4v) is 2.56. The van der Waals surface area contributed by atoms with E-state index in [0.717, 1.165) is 11.4 Å². The lowest BCUT2D eigenvalue weighted by molar-refractivity contribution is -0.383. The highest BCUT2D eigenvalue weighted by Crippen LogP contribution is 2.33. The third-order valence-corrected chi connectivity index (χ3v) is 3.85. The minimum Gasteiger partial charge on any atom is -0.378 e. The molecule has 0 radical (unpaired) electrons. The van der Waals surface area contributed by atoms with Crippen molar-refractivity contribution in [3.8, 4) is 6.07 Å². The molecular weight excluding hydrogens is 318 g/mol. The van der Waals surface area contributed by atoms with Crippen molar-refractivity contribution >= 4 is 33.7 Å². The normalized spacial score (nSPS) is 10.3. The first kappa shape index (κ1) is 16.2. The zero-order valence-electron chi connectivity index (χ0n) is 13.7. The van der Waals surface area contributed by atoms with Gasteiger partial charge in [0.15, 0.2) is 0 Å². The van der Waals surface area contributed by atoms with Gasteiger partial charge in [0.1, 0.15) is 11.6 Å². The predicted molar refractivity (Wildman–Crippen MR) is 97.2 cm³/mol. The summed E-state index contributed by atoms with van der Waals surface area (Å²) in [6.07, 6.45) is 1.35. The van der Waals surface area contributed by atoms with E-state index in [1.807, 2.05) is 43.3 Å². The number of aromatic nitrogens is 1. The Kier molecular flexibility index (Phi) is 4.18. The van der Waals surface area contributed by atoms with Gasteiger partial charge in [-0.3, -0.25) is 10.1 Å². The van der Waals surface area contributed by atoms with Crippen molar-refractivity contribution in [2.45, 2.75) is 0 Å². The molecule has 0 saturated carbocycles. The Balaban J connectivity index is 2.12. The standard InChI is InChI=1S/C18H15N5O2/c1-22(2)14-8-6-13(7-9-14)21-17-12(10-19)11-20-18-15(17)4-3-5-16(18)23(24)25/h3-9,11H,1-2H3,(H,20,21). The minimum absolute atomic E-state index is 0.0898. The smallest absolute Gasteiger partial charge is 0.295 e. The summed E-state index contributed by atoms with van der Waals surface area (Å²) >= 11 is 0. The van der Waals surface area contributed by atoms with Crippen LogP contribution in [0.15, 0.2) is 48.7 Å². The number of nitrogens with one attached hydrogen (secondary N) is 1. The van der Waals surface area contributed by atoms with E-state index in [1.54, 1.807) is 12.1 Å². The summed E-state index contributed by atoms with van der Waals surface area (Å²) in [5.74, 6) is 0. The highest BCUT2D eigenvalue weighted by Gasteiger charge is 2.17. The van der Waals surface area contributed by atoms with Gasteiger partial charge in [-0.25, -0.2) is 4.98 Å². The molecule has 0 aliphatic carbocycles. The Bertz CT molecular complexity index is 991. The number of nitrogens with zero attached hydrogens (tertiary/aromatic N) is 4. The number of non-ortho nitro benzene ring substituents is 1. The van der Waals surface area contributed by atoms with Gasteiger partial charge in [-0.1, -0.05) is 12.1 Å². The van der Waals surface area contributed by atoms with E-state index in [2.05, 4.69) is 16.4 Å². The predicted octanol–water partition coefficient (Wildman–Crippen LogP) is 3.82. The van der Waals surface area contributed by atoms with E-state index in [-0.39, 0.29) is 11.2 Å². The van der Waals surface area contributed by atoms with Gasteiger partial charge in [0.2, 0.25) is 0 Å². The van der Waals surface area contributed by atoms with Gasteiger partial charge in [-0.05, 0) is 24.3 Å². The van der Waals surface area contributed by atoms with Crippen molar-refractivity contribution < 1.29 is 4.92 Å². The number of pyridine rings is 1. The Morgan fingerprint density at radius 2 is 1.92 bits per heavy atom. The monoisotopic (exact) mass is 333 g/mol. The average molecular weight is 333 g/mol. The molecule has 0 unspecified atom stereocenters. The number of anilines is 3. The summed E-state index contributed by atoms with van der Waals surface area (Å²) in [6, 6.07) is 14.5. The molecule has 25 heavy (non-hydrogen) atoms. The second-order valence-electron chi connectivity index (χ2n) is 5.66. The number of nitro groups is 1. The maximum Gasteiger partial charge on any atom is 0.295 e. The van der Waals surface area contributed by atoms with Crippen LogP contribution in [0, 0.1) is 21.4 Å². The van der Waals surface area contributed by atoms with Gasteiger partial charge in [-0.15, -0.1) is 0 Å². The minimum atomic E-state index is -0.475. The SMILES string of the molecule is CN(C)c1ccc(Nc2c(C#N)cnc3c([N+](=O)[O-])cccc23)cc1. The topological polar surface area (TPSA) is 95.1 Å². The number of hydrogen-bond donors (Lipinski definition) is 1.